The van der Waals surface area contributed by atoms with Crippen molar-refractivity contribution in [3.05, 3.63) is 394 Å². The van der Waals surface area contributed by atoms with Crippen LogP contribution < -0.4 is 0 Å². The monoisotopic (exact) mass is 2580 g/mol. The van der Waals surface area contributed by atoms with Crippen LogP contribution in [0.1, 0.15) is 271 Å². The third kappa shape index (κ3) is 25.5. The summed E-state index contributed by atoms with van der Waals surface area (Å²) in [5, 5.41) is 28.9. The molecule has 6 aromatic heterocycles. The van der Waals surface area contributed by atoms with Crippen molar-refractivity contribution in [3.8, 4) is 67.5 Å². The summed E-state index contributed by atoms with van der Waals surface area (Å²) in [6, 6.07) is 100. The average molecular weight is 2580 g/mol. The summed E-state index contributed by atoms with van der Waals surface area (Å²) in [4.78, 5) is 49.1. The van der Waals surface area contributed by atoms with E-state index in [1.165, 1.54) is 188 Å². The number of rotatable bonds is 14. The van der Waals surface area contributed by atoms with Gasteiger partial charge < -0.3 is 40.1 Å². The van der Waals surface area contributed by atoms with Gasteiger partial charge in [-0.2, -0.15) is 0 Å². The minimum Gasteiger partial charge on any atom is -0.512 e. The first-order valence-electron chi connectivity index (χ1n) is 50.5. The van der Waals surface area contributed by atoms with Crippen LogP contribution in [-0.4, -0.2) is 51.7 Å². The Morgan fingerprint density at radius 3 is 1.13 bits per heavy atom. The van der Waals surface area contributed by atoms with Crippen LogP contribution in [0, 0.1) is 88.8 Å². The van der Waals surface area contributed by atoms with Gasteiger partial charge in [0.15, 0.2) is 11.6 Å². The zero-order valence-electron chi connectivity index (χ0n) is 83.4. The third-order valence-electron chi connectivity index (χ3n) is 29.7. The molecule has 14 heteroatoms. The van der Waals surface area contributed by atoms with Crippen molar-refractivity contribution in [1.82, 2.24) is 29.9 Å². The van der Waals surface area contributed by atoms with Crippen molar-refractivity contribution in [2.45, 2.75) is 240 Å². The molecular formula is C128H128Ir4N6O4-6. The van der Waals surface area contributed by atoms with Crippen LogP contribution >= 0.6 is 0 Å². The predicted molar refractivity (Wildman–Crippen MR) is 567 cm³/mol. The van der Waals surface area contributed by atoms with Crippen molar-refractivity contribution in [2.75, 3.05) is 0 Å². The fourth-order valence-electron chi connectivity index (χ4n) is 23.1. The number of aryl methyl sites for hydroxylation is 5. The van der Waals surface area contributed by atoms with Gasteiger partial charge in [0, 0.05) is 141 Å². The Kier molecular flexibility index (Phi) is 39.0. The fraction of sp³-hybridized carbons (Fsp3) is 0.312. The van der Waals surface area contributed by atoms with Crippen LogP contribution in [0.25, 0.3) is 111 Å². The molecule has 8 bridgehead atoms. The molecule has 4 fully saturated rings. The van der Waals surface area contributed by atoms with E-state index in [0.717, 1.165) is 146 Å². The number of fused-ring (bicyclic) bond motifs is 10. The first kappa shape index (κ1) is 108. The molecule has 2 N–H and O–H groups in total. The van der Waals surface area contributed by atoms with Crippen LogP contribution in [0.3, 0.4) is 0 Å². The van der Waals surface area contributed by atoms with Crippen LogP contribution in [0.2, 0.25) is 0 Å². The summed E-state index contributed by atoms with van der Waals surface area (Å²) in [5.41, 5.74) is 31.6. The van der Waals surface area contributed by atoms with Gasteiger partial charge in [-0.25, -0.2) is 0 Å². The number of aliphatic hydroxyl groups is 2. The van der Waals surface area contributed by atoms with Crippen molar-refractivity contribution >= 4 is 54.7 Å². The molecule has 736 valence electrons. The van der Waals surface area contributed by atoms with Crippen LogP contribution in [0.15, 0.2) is 285 Å². The van der Waals surface area contributed by atoms with Gasteiger partial charge in [0.05, 0.1) is 11.5 Å². The Morgan fingerprint density at radius 1 is 0.359 bits per heavy atom. The molecule has 12 aliphatic carbocycles. The first-order valence-corrected chi connectivity index (χ1v) is 50.5. The number of pyridine rings is 6. The van der Waals surface area contributed by atoms with Crippen molar-refractivity contribution < 1.29 is 100 Å². The number of allylic oxidation sites excluding steroid dienone is 4. The molecule has 0 amide bonds. The SMILES string of the molecule is CC(=O)C=C(C)O.CCC(CC)C(=O)C=C(O)C(CC)CC.Cc1[c-]c(-c2nccc3c4c(ccc23)C2CCC4CC2)cc(C)c1.Cc1[c-]c(-c2nccc3cc4c(cc23)CC2CC4C2)cc(C)c1.Cc1cccc(-c2[c-]cccc2)n1.[Ir].[Ir].[Ir].[Ir].[c-]1ccccc1-c1ccccn1.[c-]1ccccc1-c1nccc2c3c(ccc12)C1CCC3CC1.[c-]1ccccc1-c1nccc2c3c(ccc12)C1CCC3CC1. The van der Waals surface area contributed by atoms with Crippen molar-refractivity contribution in [2.24, 2.45) is 17.8 Å². The molecule has 10 nitrogen and oxygen atoms in total. The summed E-state index contributed by atoms with van der Waals surface area (Å²) in [5.74, 6) is 6.89. The molecule has 0 aliphatic heterocycles. The number of hydrogen-bond donors (Lipinski definition) is 2. The zero-order valence-corrected chi connectivity index (χ0v) is 93.0. The molecular weight excluding hydrogens is 2450 g/mol. The molecule has 0 unspecified atom stereocenters. The van der Waals surface area contributed by atoms with E-state index in [9.17, 15) is 14.7 Å². The zero-order chi connectivity index (χ0) is 95.9. The molecule has 28 rings (SSSR count). The number of aromatic nitrogens is 6. The molecule has 142 heavy (non-hydrogen) atoms. The predicted octanol–water partition coefficient (Wildman–Crippen LogP) is 32.7. The standard InChI is InChI=1S/C23H22N.C22H20N.2C21H18N.C13H24O2.C12H10N.C11H8N.C5H8O2.4Ir/c1-14-11-15(2)13-18(12-14)23-21-8-7-19-16-3-5-17(6-4-16)22(19)20(21)9-10-24-23;1-13-5-14(2)7-19(6-13)22-21-12-18-10-15-8-17(9-15)20(18)11-16(21)3-4-23-22;2*1-2-4-16(5-3-1)21-19-11-10-17-14-6-8-15(9-7-14)20(17)18(19)12-13-22-21;1-5-10(6-2)12(14)9-13(15)11(7-3)8-4;1-10-6-5-9-12(13-10)11-7-3-2-4-8-11;1-2-6-10(7-3-1)11-8-4-5-9-12-11;1-4(6)3-5(2)7;;;;/h7-12,16-17H,3-6H2,1-2H3;3-6,11-12,15,17H,8-10H2,1-2H3;2*1-4,10-15H,6-9H2;9-11,14H,5-8H2,1-4H3;2-7,9H,1H3;1-6,8-9H;3,6H,1-2H3;;;;/q4*-1;;2*-1;;;;;. The Morgan fingerprint density at radius 2 is 0.754 bits per heavy atom. The van der Waals surface area contributed by atoms with Crippen LogP contribution in [0.4, 0.5) is 0 Å². The normalized spacial score (nSPS) is 17.9. The molecule has 0 atom stereocenters. The van der Waals surface area contributed by atoms with E-state index in [0.29, 0.717) is 0 Å². The second-order valence-electron chi connectivity index (χ2n) is 39.2. The molecule has 12 aliphatic rings. The second kappa shape index (κ2) is 51.1. The molecule has 4 saturated carbocycles. The average Bonchev–Trinajstić information content (AvgIpc) is 0.749. The van der Waals surface area contributed by atoms with Gasteiger partial charge in [0.25, 0.3) is 0 Å². The Balaban J connectivity index is 0.000000139. The smallest absolute Gasteiger partial charge is 0.162 e. The van der Waals surface area contributed by atoms with Gasteiger partial charge in [0.1, 0.15) is 0 Å². The summed E-state index contributed by atoms with van der Waals surface area (Å²) in [6.45, 7) is 21.4. The third-order valence-corrected chi connectivity index (χ3v) is 29.7. The molecule has 0 saturated heterocycles. The number of carbonyl (C=O) groups is 2. The minimum atomic E-state index is -0.125. The Labute approximate surface area is 895 Å². The van der Waals surface area contributed by atoms with Gasteiger partial charge in [-0.15, -0.1) is 213 Å². The van der Waals surface area contributed by atoms with Gasteiger partial charge in [0.2, 0.25) is 0 Å². The Hall–Kier alpha value is -10.8. The van der Waals surface area contributed by atoms with Gasteiger partial charge >= 0.3 is 0 Å². The van der Waals surface area contributed by atoms with Gasteiger partial charge in [-0.3, -0.25) is 9.59 Å². The van der Waals surface area contributed by atoms with E-state index in [1.807, 2.05) is 169 Å². The maximum Gasteiger partial charge on any atom is 0.162 e. The van der Waals surface area contributed by atoms with E-state index in [1.54, 1.807) is 50.7 Å². The van der Waals surface area contributed by atoms with Gasteiger partial charge in [-0.1, -0.05) is 128 Å². The first-order chi connectivity index (χ1) is 67.3. The van der Waals surface area contributed by atoms with Gasteiger partial charge in [-0.05, 0) is 348 Å². The molecule has 4 radical (unpaired) electrons. The quantitative estimate of drug-likeness (QED) is 0.0611. The molecule has 6 heterocycles. The van der Waals surface area contributed by atoms with Crippen LogP contribution in [0.5, 0.6) is 0 Å². The van der Waals surface area contributed by atoms with Crippen molar-refractivity contribution in [1.29, 1.82) is 0 Å². The maximum atomic E-state index is 11.7. The number of ketones is 2. The largest absolute Gasteiger partial charge is 0.512 e. The fourth-order valence-corrected chi connectivity index (χ4v) is 23.1. The Bertz CT molecular complexity index is 6790. The number of carbonyl (C=O) groups excluding carboxylic acids is 2. The number of benzene rings is 10. The van der Waals surface area contributed by atoms with Crippen LogP contribution in [-0.2, 0) is 96.4 Å². The van der Waals surface area contributed by atoms with E-state index in [-0.39, 0.29) is 115 Å². The van der Waals surface area contributed by atoms with Crippen molar-refractivity contribution in [3.63, 3.8) is 0 Å². The summed E-state index contributed by atoms with van der Waals surface area (Å²) in [7, 11) is 0. The summed E-state index contributed by atoms with van der Waals surface area (Å²) in [6.07, 6.45) is 36.3. The molecule has 10 aromatic carbocycles. The number of nitrogens with zero attached hydrogens (tertiary/aromatic N) is 6. The summed E-state index contributed by atoms with van der Waals surface area (Å²) < 4.78 is 0. The minimum absolute atomic E-state index is 0. The molecule has 0 spiro atoms. The second-order valence-corrected chi connectivity index (χ2v) is 39.2. The van der Waals surface area contributed by atoms with E-state index < -0.39 is 0 Å². The molecule has 16 aromatic rings. The maximum absolute atomic E-state index is 11.7. The van der Waals surface area contributed by atoms with E-state index in [2.05, 4.69) is 205 Å². The summed E-state index contributed by atoms with van der Waals surface area (Å²) >= 11 is 0. The number of aliphatic hydroxyl groups excluding tert-OH is 2. The van der Waals surface area contributed by atoms with E-state index in [4.69, 9.17) is 15.1 Å². The van der Waals surface area contributed by atoms with E-state index >= 15 is 0 Å². The topological polar surface area (TPSA) is 152 Å². The number of hydrogen-bond acceptors (Lipinski definition) is 10.